The lowest BCUT2D eigenvalue weighted by atomic mass is 9.99. The molecule has 0 spiro atoms. The fraction of sp³-hybridized carbons (Fsp3) is 0.864. The molecule has 0 bridgehead atoms. The van der Waals surface area contributed by atoms with Crippen LogP contribution in [0.3, 0.4) is 0 Å². The van der Waals surface area contributed by atoms with E-state index in [4.69, 9.17) is 4.74 Å². The number of hydrogen-bond donors (Lipinski definition) is 0. The molecule has 0 aliphatic heterocycles. The van der Waals surface area contributed by atoms with Crippen LogP contribution >= 0.6 is 0 Å². The lowest BCUT2D eigenvalue weighted by Gasteiger charge is -2.19. The number of carbonyl (C=O) groups is 1. The summed E-state index contributed by atoms with van der Waals surface area (Å²) in [7, 11) is 0. The van der Waals surface area contributed by atoms with Gasteiger partial charge in [0.05, 0.1) is 0 Å². The van der Waals surface area contributed by atoms with Gasteiger partial charge >= 0.3 is 5.97 Å². The highest BCUT2D eigenvalue weighted by Crippen LogP contribution is 2.17. The van der Waals surface area contributed by atoms with Gasteiger partial charge in [-0.2, -0.15) is 0 Å². The van der Waals surface area contributed by atoms with Gasteiger partial charge in [-0.15, -0.1) is 0 Å². The van der Waals surface area contributed by atoms with Crippen LogP contribution in [0.2, 0.25) is 0 Å². The van der Waals surface area contributed by atoms with E-state index in [-0.39, 0.29) is 12.1 Å². The van der Waals surface area contributed by atoms with E-state index in [1.54, 1.807) is 0 Å². The van der Waals surface area contributed by atoms with E-state index in [1.165, 1.54) is 83.1 Å². The Morgan fingerprint density at radius 3 is 1.75 bits per heavy atom. The summed E-state index contributed by atoms with van der Waals surface area (Å²) >= 11 is 0. The summed E-state index contributed by atoms with van der Waals surface area (Å²) in [5, 5.41) is 0. The molecule has 0 saturated carbocycles. The van der Waals surface area contributed by atoms with Crippen molar-refractivity contribution in [3.63, 3.8) is 0 Å². The third kappa shape index (κ3) is 16.1. The van der Waals surface area contributed by atoms with E-state index in [0.29, 0.717) is 5.92 Å². The van der Waals surface area contributed by atoms with Crippen molar-refractivity contribution in [3.05, 3.63) is 12.7 Å². The zero-order valence-electron chi connectivity index (χ0n) is 16.7. The second-order valence-electron chi connectivity index (χ2n) is 7.57. The molecule has 24 heavy (non-hydrogen) atoms. The van der Waals surface area contributed by atoms with Crippen molar-refractivity contribution in [1.29, 1.82) is 0 Å². The first-order valence-electron chi connectivity index (χ1n) is 10.4. The molecule has 2 nitrogen and oxygen atoms in total. The van der Waals surface area contributed by atoms with Crippen molar-refractivity contribution >= 4 is 5.97 Å². The van der Waals surface area contributed by atoms with Gasteiger partial charge in [0.15, 0.2) is 0 Å². The van der Waals surface area contributed by atoms with Gasteiger partial charge in [-0.05, 0) is 25.2 Å². The van der Waals surface area contributed by atoms with Crippen LogP contribution in [0.1, 0.15) is 111 Å². The second kappa shape index (κ2) is 17.0. The van der Waals surface area contributed by atoms with Crippen LogP contribution in [0.5, 0.6) is 0 Å². The molecule has 1 unspecified atom stereocenters. The molecule has 1 atom stereocenters. The van der Waals surface area contributed by atoms with Crippen molar-refractivity contribution < 1.29 is 9.53 Å². The predicted molar refractivity (Wildman–Crippen MR) is 105 cm³/mol. The SMILES string of the molecule is C=CC(=O)OC(CCCCCCCCCCCCCC)CC(C)C. The molecule has 142 valence electrons. The highest BCUT2D eigenvalue weighted by molar-refractivity contribution is 5.81. The first-order chi connectivity index (χ1) is 11.6. The van der Waals surface area contributed by atoms with Gasteiger partial charge in [-0.1, -0.05) is 98.0 Å². The minimum absolute atomic E-state index is 0.0682. The lowest BCUT2D eigenvalue weighted by molar-refractivity contribution is -0.144. The minimum atomic E-state index is -0.278. The first-order valence-corrected chi connectivity index (χ1v) is 10.4. The Kier molecular flexibility index (Phi) is 16.5. The summed E-state index contributed by atoms with van der Waals surface area (Å²) in [5.74, 6) is 0.282. The Labute approximate surface area is 151 Å². The van der Waals surface area contributed by atoms with Crippen LogP contribution in [0.25, 0.3) is 0 Å². The van der Waals surface area contributed by atoms with Crippen molar-refractivity contribution in [1.82, 2.24) is 0 Å². The van der Waals surface area contributed by atoms with Crippen LogP contribution in [0.4, 0.5) is 0 Å². The molecule has 0 saturated heterocycles. The molecule has 0 aliphatic carbocycles. The topological polar surface area (TPSA) is 26.3 Å². The van der Waals surface area contributed by atoms with E-state index in [9.17, 15) is 4.79 Å². The van der Waals surface area contributed by atoms with E-state index in [1.807, 2.05) is 0 Å². The van der Waals surface area contributed by atoms with Crippen LogP contribution in [-0.4, -0.2) is 12.1 Å². The quantitative estimate of drug-likeness (QED) is 0.159. The summed E-state index contributed by atoms with van der Waals surface area (Å²) < 4.78 is 5.45. The van der Waals surface area contributed by atoms with Crippen molar-refractivity contribution in [2.24, 2.45) is 5.92 Å². The third-order valence-corrected chi connectivity index (χ3v) is 4.56. The predicted octanol–water partition coefficient (Wildman–Crippen LogP) is 7.22. The largest absolute Gasteiger partial charge is 0.459 e. The van der Waals surface area contributed by atoms with Gasteiger partial charge in [-0.25, -0.2) is 4.79 Å². The summed E-state index contributed by atoms with van der Waals surface area (Å²) in [6.07, 6.45) is 19.6. The van der Waals surface area contributed by atoms with E-state index in [0.717, 1.165) is 12.8 Å². The van der Waals surface area contributed by atoms with E-state index >= 15 is 0 Å². The van der Waals surface area contributed by atoms with E-state index in [2.05, 4.69) is 27.4 Å². The Morgan fingerprint density at radius 1 is 0.875 bits per heavy atom. The van der Waals surface area contributed by atoms with Crippen LogP contribution in [-0.2, 0) is 9.53 Å². The van der Waals surface area contributed by atoms with Crippen LogP contribution < -0.4 is 0 Å². The molecule has 0 rings (SSSR count). The molecule has 0 aromatic heterocycles. The molecule has 0 aromatic carbocycles. The molecule has 0 heterocycles. The molecular formula is C22H42O2. The van der Waals surface area contributed by atoms with Crippen molar-refractivity contribution in [3.8, 4) is 0 Å². The second-order valence-corrected chi connectivity index (χ2v) is 7.57. The molecule has 0 radical (unpaired) electrons. The lowest BCUT2D eigenvalue weighted by Crippen LogP contribution is -2.19. The normalized spacial score (nSPS) is 12.3. The molecule has 0 aliphatic rings. The summed E-state index contributed by atoms with van der Waals surface area (Å²) in [5.41, 5.74) is 0. The third-order valence-electron chi connectivity index (χ3n) is 4.56. The fourth-order valence-electron chi connectivity index (χ4n) is 3.18. The standard InChI is InChI=1S/C22H42O2/c1-5-7-8-9-10-11-12-13-14-15-16-17-18-21(19-20(3)4)24-22(23)6-2/h6,20-21H,2,5,7-19H2,1,3-4H3. The van der Waals surface area contributed by atoms with Gasteiger partial charge in [0.2, 0.25) is 0 Å². The Hall–Kier alpha value is -0.790. The van der Waals surface area contributed by atoms with Gasteiger partial charge in [0, 0.05) is 6.08 Å². The van der Waals surface area contributed by atoms with Gasteiger partial charge in [0.25, 0.3) is 0 Å². The molecule has 0 aromatic rings. The average molecular weight is 339 g/mol. The van der Waals surface area contributed by atoms with Gasteiger partial charge in [-0.3, -0.25) is 0 Å². The number of carbonyl (C=O) groups excluding carboxylic acids is 1. The maximum Gasteiger partial charge on any atom is 0.330 e. The molecule has 0 fully saturated rings. The molecule has 2 heteroatoms. The maximum absolute atomic E-state index is 11.4. The van der Waals surface area contributed by atoms with Gasteiger partial charge < -0.3 is 4.74 Å². The zero-order chi connectivity index (χ0) is 18.0. The highest BCUT2D eigenvalue weighted by Gasteiger charge is 2.14. The molecular weight excluding hydrogens is 296 g/mol. The Morgan fingerprint density at radius 2 is 1.33 bits per heavy atom. The van der Waals surface area contributed by atoms with Crippen LogP contribution in [0, 0.1) is 5.92 Å². The summed E-state index contributed by atoms with van der Waals surface area (Å²) in [4.78, 5) is 11.4. The summed E-state index contributed by atoms with van der Waals surface area (Å²) in [6, 6.07) is 0. The van der Waals surface area contributed by atoms with E-state index < -0.39 is 0 Å². The smallest absolute Gasteiger partial charge is 0.330 e. The number of esters is 1. The van der Waals surface area contributed by atoms with Crippen LogP contribution in [0.15, 0.2) is 12.7 Å². The molecule has 0 N–H and O–H groups in total. The summed E-state index contributed by atoms with van der Waals surface area (Å²) in [6.45, 7) is 10.1. The highest BCUT2D eigenvalue weighted by atomic mass is 16.5. The number of ether oxygens (including phenoxy) is 1. The zero-order valence-corrected chi connectivity index (χ0v) is 16.7. The number of rotatable bonds is 17. The Balaban J connectivity index is 3.50. The molecule has 0 amide bonds. The monoisotopic (exact) mass is 338 g/mol. The maximum atomic E-state index is 11.4. The fourth-order valence-corrected chi connectivity index (χ4v) is 3.18. The number of hydrogen-bond acceptors (Lipinski definition) is 2. The van der Waals surface area contributed by atoms with Crippen molar-refractivity contribution in [2.45, 2.75) is 117 Å². The minimum Gasteiger partial charge on any atom is -0.459 e. The average Bonchev–Trinajstić information content (AvgIpc) is 2.55. The number of unbranched alkanes of at least 4 members (excludes halogenated alkanes) is 11. The first kappa shape index (κ1) is 23.2. The Bertz CT molecular complexity index is 296. The van der Waals surface area contributed by atoms with Gasteiger partial charge in [0.1, 0.15) is 6.10 Å². The van der Waals surface area contributed by atoms with Crippen molar-refractivity contribution in [2.75, 3.05) is 0 Å².